The van der Waals surface area contributed by atoms with Crippen LogP contribution in [0.4, 0.5) is 32.0 Å². The van der Waals surface area contributed by atoms with Gasteiger partial charge in [-0.1, -0.05) is 23.5 Å². The molecule has 1 saturated carbocycles. The average molecular weight is 833 g/mol. The molecule has 2 aliphatic rings. The molecule has 1 amide bonds. The zero-order valence-electron chi connectivity index (χ0n) is 30.0. The molecular formula is C36H31ClF6N10O3S. The average Bonchev–Trinajstić information content (AvgIpc) is 3.82. The Bertz CT molecular complexity index is 2450. The van der Waals surface area contributed by atoms with Crippen molar-refractivity contribution in [3.63, 3.8) is 0 Å². The molecule has 0 aliphatic heterocycles. The number of halogens is 7. The first-order valence-electron chi connectivity index (χ1n) is 17.1. The lowest BCUT2D eigenvalue weighted by Crippen LogP contribution is -2.38. The second kappa shape index (κ2) is 15.4. The molecule has 3 heterocycles. The van der Waals surface area contributed by atoms with Gasteiger partial charge in [-0.3, -0.25) is 24.2 Å². The maximum Gasteiger partial charge on any atom is 0.293 e. The van der Waals surface area contributed by atoms with E-state index >= 15 is 8.78 Å². The largest absolute Gasteiger partial charge is 0.480 e. The Labute approximate surface area is 328 Å². The Balaban J connectivity index is 1.41. The Morgan fingerprint density at radius 1 is 1.12 bits per heavy atom. The normalized spacial score (nSPS) is 16.8. The Kier molecular flexibility index (Phi) is 10.7. The van der Waals surface area contributed by atoms with E-state index in [1.54, 1.807) is 6.26 Å². The Morgan fingerprint density at radius 3 is 2.49 bits per heavy atom. The van der Waals surface area contributed by atoms with Gasteiger partial charge in [0.25, 0.3) is 17.9 Å². The van der Waals surface area contributed by atoms with Crippen LogP contribution in [-0.4, -0.2) is 61.5 Å². The van der Waals surface area contributed by atoms with Crippen molar-refractivity contribution < 1.29 is 35.9 Å². The molecule has 1 fully saturated rings. The second-order valence-electron chi connectivity index (χ2n) is 13.1. The van der Waals surface area contributed by atoms with Crippen LogP contribution in [0.5, 0.6) is 5.88 Å². The Hall–Kier alpha value is -5.63. The van der Waals surface area contributed by atoms with E-state index in [1.807, 2.05) is 0 Å². The fraction of sp³-hybridized carbons (Fsp3) is 0.306. The summed E-state index contributed by atoms with van der Waals surface area (Å²) >= 11 is 7.65. The molecule has 57 heavy (non-hydrogen) atoms. The molecule has 21 heteroatoms. The smallest absolute Gasteiger partial charge is 0.293 e. The van der Waals surface area contributed by atoms with Crippen LogP contribution in [0.2, 0.25) is 5.02 Å². The number of amidine groups is 1. The highest BCUT2D eigenvalue weighted by molar-refractivity contribution is 7.97. The number of amides is 1. The van der Waals surface area contributed by atoms with Crippen molar-refractivity contribution in [3.8, 4) is 23.0 Å². The minimum atomic E-state index is -3.52. The molecule has 2 aromatic carbocycles. The molecule has 0 saturated heterocycles. The van der Waals surface area contributed by atoms with Crippen LogP contribution in [0.3, 0.4) is 0 Å². The fourth-order valence-corrected chi connectivity index (χ4v) is 7.75. The van der Waals surface area contributed by atoms with Gasteiger partial charge >= 0.3 is 0 Å². The van der Waals surface area contributed by atoms with Crippen molar-refractivity contribution in [2.45, 2.75) is 43.7 Å². The number of carbonyl (C=O) groups excluding carboxylic acids is 1. The van der Waals surface area contributed by atoms with E-state index in [2.05, 4.69) is 30.4 Å². The first kappa shape index (κ1) is 39.6. The summed E-state index contributed by atoms with van der Waals surface area (Å²) in [5.74, 6) is -8.74. The van der Waals surface area contributed by atoms with Crippen molar-refractivity contribution >= 4 is 41.0 Å². The highest BCUT2D eigenvalue weighted by Crippen LogP contribution is 2.68. The third-order valence-corrected chi connectivity index (χ3v) is 10.3. The summed E-state index contributed by atoms with van der Waals surface area (Å²) in [6.07, 6.45) is 0.593. The zero-order chi connectivity index (χ0) is 40.9. The number of methoxy groups -OCH3 is 1. The van der Waals surface area contributed by atoms with Crippen LogP contribution in [0.25, 0.3) is 17.1 Å². The molecule has 0 spiro atoms. The summed E-state index contributed by atoms with van der Waals surface area (Å²) in [7, 11) is 2.88. The highest BCUT2D eigenvalue weighted by Gasteiger charge is 2.67. The van der Waals surface area contributed by atoms with Crippen LogP contribution in [0, 0.1) is 23.0 Å². The molecule has 2 aliphatic carbocycles. The quantitative estimate of drug-likeness (QED) is 0.0458. The molecule has 5 aromatic rings. The van der Waals surface area contributed by atoms with Crippen molar-refractivity contribution in [1.29, 1.82) is 5.41 Å². The minimum Gasteiger partial charge on any atom is -0.480 e. The van der Waals surface area contributed by atoms with Crippen LogP contribution in [0.15, 0.2) is 53.6 Å². The third-order valence-electron chi connectivity index (χ3n) is 9.59. The van der Waals surface area contributed by atoms with Gasteiger partial charge in [-0.2, -0.15) is 13.9 Å². The number of rotatable bonds is 13. The molecule has 7 rings (SSSR count). The van der Waals surface area contributed by atoms with Crippen LogP contribution < -0.4 is 25.7 Å². The number of nitrogens with zero attached hydrogens (tertiary/aromatic N) is 6. The third kappa shape index (κ3) is 7.38. The standard InChI is InChI=1S/C36H31ClF6N10O3S/c1-45-30-24(5-4-20(37)29(30)34(44)51-57-3)53-27(55)11-21(23-12-47-26(56-2)13-46-23)49-35(53)22(8-15-6-16(38)9-17(39)7-15)48-25(54)14-52-32-28(31(50-52)33(40)41)18-10-19(18)36(32,42)43/h4-7,9,11-13,18-19,22,33,45H,8,10,14H2,1-3H3,(H2,44,51)(H,48,54). The number of anilines is 1. The van der Waals surface area contributed by atoms with E-state index in [1.165, 1.54) is 38.7 Å². The van der Waals surface area contributed by atoms with Gasteiger partial charge in [0.05, 0.1) is 53.2 Å². The predicted octanol–water partition coefficient (Wildman–Crippen LogP) is 6.31. The summed E-state index contributed by atoms with van der Waals surface area (Å²) in [5, 5.41) is 18.1. The van der Waals surface area contributed by atoms with Crippen molar-refractivity contribution in [2.24, 2.45) is 5.92 Å². The van der Waals surface area contributed by atoms with Crippen LogP contribution in [0.1, 0.15) is 58.7 Å². The number of hydrogen-bond acceptors (Lipinski definition) is 10. The maximum atomic E-state index is 15.4. The van der Waals surface area contributed by atoms with E-state index in [0.717, 1.165) is 34.7 Å². The van der Waals surface area contributed by atoms with Crippen LogP contribution in [-0.2, 0) is 23.7 Å². The van der Waals surface area contributed by atoms with Crippen molar-refractivity contribution in [2.75, 3.05) is 25.7 Å². The van der Waals surface area contributed by atoms with Gasteiger partial charge in [0, 0.05) is 43.3 Å². The van der Waals surface area contributed by atoms with Gasteiger partial charge < -0.3 is 20.1 Å². The topological polar surface area (TPSA) is 165 Å². The first-order chi connectivity index (χ1) is 27.2. The van der Waals surface area contributed by atoms with Crippen molar-refractivity contribution in [1.82, 2.24) is 39.3 Å². The molecule has 0 bridgehead atoms. The summed E-state index contributed by atoms with van der Waals surface area (Å²) in [6.45, 7) is -0.962. The number of hydrogen-bond donors (Lipinski definition) is 4. The predicted molar refractivity (Wildman–Crippen MR) is 198 cm³/mol. The summed E-state index contributed by atoms with van der Waals surface area (Å²) in [5.41, 5.74) is -2.29. The monoisotopic (exact) mass is 832 g/mol. The molecule has 3 aromatic heterocycles. The molecule has 4 N–H and O–H groups in total. The molecule has 3 unspecified atom stereocenters. The van der Waals surface area contributed by atoms with E-state index in [-0.39, 0.29) is 68.4 Å². The SMILES string of the molecule is CNc1c(-n2c(C(Cc3cc(F)cc(F)c3)NC(=O)Cn3nc(C(F)F)c4c3C(F)(F)C3CC43)nc(-c3cnc(OC)cn3)cc2=O)ccc(Cl)c1C(=N)NSC. The highest BCUT2D eigenvalue weighted by atomic mass is 35.5. The van der Waals surface area contributed by atoms with Gasteiger partial charge in [0.1, 0.15) is 46.9 Å². The van der Waals surface area contributed by atoms with E-state index in [4.69, 9.17) is 26.7 Å². The summed E-state index contributed by atoms with van der Waals surface area (Å²) in [6, 6.07) is 5.09. The Morgan fingerprint density at radius 2 is 1.86 bits per heavy atom. The van der Waals surface area contributed by atoms with Crippen molar-refractivity contribution in [3.05, 3.63) is 110 Å². The fourth-order valence-electron chi connectivity index (χ4n) is 7.19. The summed E-state index contributed by atoms with van der Waals surface area (Å²) < 4.78 is 97.6. The second-order valence-corrected chi connectivity index (χ2v) is 14.2. The number of fused-ring (bicyclic) bond motifs is 3. The van der Waals surface area contributed by atoms with Crippen LogP contribution >= 0.6 is 23.5 Å². The first-order valence-corrected chi connectivity index (χ1v) is 18.7. The van der Waals surface area contributed by atoms with E-state index < -0.39 is 77.7 Å². The van der Waals surface area contributed by atoms with Gasteiger partial charge in [0.2, 0.25) is 11.8 Å². The molecule has 298 valence electrons. The van der Waals surface area contributed by atoms with Gasteiger partial charge in [-0.25, -0.2) is 32.5 Å². The molecule has 13 nitrogen and oxygen atoms in total. The van der Waals surface area contributed by atoms with Gasteiger partial charge in [-0.15, -0.1) is 0 Å². The molecular weight excluding hydrogens is 802 g/mol. The molecule has 0 radical (unpaired) electrons. The summed E-state index contributed by atoms with van der Waals surface area (Å²) in [4.78, 5) is 41.4. The lowest BCUT2D eigenvalue weighted by atomic mass is 10.0. The zero-order valence-corrected chi connectivity index (χ0v) is 31.6. The lowest BCUT2D eigenvalue weighted by Gasteiger charge is -2.25. The maximum absolute atomic E-state index is 15.4. The number of benzene rings is 2. The van der Waals surface area contributed by atoms with E-state index in [0.29, 0.717) is 10.7 Å². The number of alkyl halides is 4. The minimum absolute atomic E-state index is 0.00975. The number of ether oxygens (including phenoxy) is 1. The van der Waals surface area contributed by atoms with E-state index in [9.17, 15) is 27.2 Å². The number of nitrogens with one attached hydrogen (secondary N) is 4. The molecule has 3 atom stereocenters. The van der Waals surface area contributed by atoms with Gasteiger partial charge in [-0.05, 0) is 42.2 Å². The number of aromatic nitrogens is 6. The lowest BCUT2D eigenvalue weighted by molar-refractivity contribution is -0.123. The van der Waals surface area contributed by atoms with Gasteiger partial charge in [0.15, 0.2) is 0 Å². The number of carbonyl (C=O) groups is 1.